The van der Waals surface area contributed by atoms with E-state index in [1.165, 1.54) is 30.3 Å². The molecule has 3 aromatic rings. The summed E-state index contributed by atoms with van der Waals surface area (Å²) in [5, 5.41) is 24.7. The summed E-state index contributed by atoms with van der Waals surface area (Å²) in [6, 6.07) is 19.7. The Hall–Kier alpha value is -3.40. The molecule has 3 rings (SSSR count). The number of amides is 1. The van der Waals surface area contributed by atoms with E-state index >= 15 is 0 Å². The number of sulfonamides is 1. The average Bonchev–Trinajstić information content (AvgIpc) is 2.85. The SMILES string of the molecule is Cc1c(O)cccc1C(=O)NCCC(O)(Cc1ccccc1)N(CC(C)C)S(=O)(=O)c1ccc(N)cc1. The summed E-state index contributed by atoms with van der Waals surface area (Å²) in [5.74, 6) is -0.506. The Kier molecular flexibility index (Phi) is 8.96. The van der Waals surface area contributed by atoms with E-state index < -0.39 is 21.7 Å². The minimum Gasteiger partial charge on any atom is -0.508 e. The van der Waals surface area contributed by atoms with Crippen LogP contribution in [0, 0.1) is 12.8 Å². The van der Waals surface area contributed by atoms with Crippen molar-refractivity contribution in [2.75, 3.05) is 18.8 Å². The summed E-state index contributed by atoms with van der Waals surface area (Å²) in [6.45, 7) is 5.46. The van der Waals surface area contributed by atoms with Gasteiger partial charge in [0.15, 0.2) is 0 Å². The molecule has 0 aliphatic heterocycles. The molecular formula is C28H35N3O5S. The van der Waals surface area contributed by atoms with Crippen molar-refractivity contribution >= 4 is 21.6 Å². The second-order valence-electron chi connectivity index (χ2n) is 9.60. The number of rotatable bonds is 11. The highest BCUT2D eigenvalue weighted by Gasteiger charge is 2.43. The minimum absolute atomic E-state index is 0.00309. The first-order valence-corrected chi connectivity index (χ1v) is 13.6. The number of nitrogens with one attached hydrogen (secondary N) is 1. The van der Waals surface area contributed by atoms with Gasteiger partial charge in [-0.1, -0.05) is 50.2 Å². The van der Waals surface area contributed by atoms with Crippen LogP contribution in [0.15, 0.2) is 77.7 Å². The molecule has 0 aliphatic rings. The van der Waals surface area contributed by atoms with E-state index in [0.29, 0.717) is 16.8 Å². The molecule has 3 aromatic carbocycles. The summed E-state index contributed by atoms with van der Waals surface area (Å²) in [4.78, 5) is 12.8. The molecule has 0 spiro atoms. The Bertz CT molecular complexity index is 1310. The normalized spacial score (nSPS) is 13.5. The zero-order chi connectivity index (χ0) is 27.2. The summed E-state index contributed by atoms with van der Waals surface area (Å²) in [5.41, 5.74) is 5.85. The fourth-order valence-electron chi connectivity index (χ4n) is 4.16. The van der Waals surface area contributed by atoms with Crippen LogP contribution >= 0.6 is 0 Å². The largest absolute Gasteiger partial charge is 0.508 e. The lowest BCUT2D eigenvalue weighted by atomic mass is 9.98. The zero-order valence-corrected chi connectivity index (χ0v) is 22.2. The first-order chi connectivity index (χ1) is 17.4. The Morgan fingerprint density at radius 1 is 1.03 bits per heavy atom. The van der Waals surface area contributed by atoms with Gasteiger partial charge in [0, 0.05) is 42.7 Å². The van der Waals surface area contributed by atoms with Gasteiger partial charge < -0.3 is 21.3 Å². The van der Waals surface area contributed by atoms with Crippen LogP contribution in [0.4, 0.5) is 5.69 Å². The van der Waals surface area contributed by atoms with E-state index in [4.69, 9.17) is 5.73 Å². The summed E-state index contributed by atoms with van der Waals surface area (Å²) >= 11 is 0. The molecule has 198 valence electrons. The molecule has 0 fully saturated rings. The van der Waals surface area contributed by atoms with Crippen molar-refractivity contribution in [3.05, 3.63) is 89.5 Å². The van der Waals surface area contributed by atoms with Crippen LogP contribution in [0.25, 0.3) is 0 Å². The van der Waals surface area contributed by atoms with E-state index in [1.54, 1.807) is 19.1 Å². The van der Waals surface area contributed by atoms with Gasteiger partial charge in [0.2, 0.25) is 10.0 Å². The quantitative estimate of drug-likeness (QED) is 0.223. The maximum atomic E-state index is 13.8. The third kappa shape index (κ3) is 6.88. The monoisotopic (exact) mass is 525 g/mol. The number of hydrogen-bond acceptors (Lipinski definition) is 6. The Morgan fingerprint density at radius 2 is 1.68 bits per heavy atom. The molecule has 1 unspecified atom stereocenters. The van der Waals surface area contributed by atoms with Gasteiger partial charge >= 0.3 is 0 Å². The van der Waals surface area contributed by atoms with E-state index in [0.717, 1.165) is 9.87 Å². The second kappa shape index (κ2) is 11.8. The van der Waals surface area contributed by atoms with Gasteiger partial charge in [-0.05, 0) is 54.8 Å². The number of phenols is 1. The molecule has 0 saturated carbocycles. The predicted molar refractivity (Wildman–Crippen MR) is 144 cm³/mol. The maximum absolute atomic E-state index is 13.8. The van der Waals surface area contributed by atoms with Crippen molar-refractivity contribution in [3.63, 3.8) is 0 Å². The number of nitrogens with zero attached hydrogens (tertiary/aromatic N) is 1. The highest BCUT2D eigenvalue weighted by molar-refractivity contribution is 7.89. The number of anilines is 1. The number of aromatic hydroxyl groups is 1. The number of benzene rings is 3. The number of aliphatic hydroxyl groups is 1. The van der Waals surface area contributed by atoms with Crippen LogP contribution in [0.1, 0.15) is 41.8 Å². The lowest BCUT2D eigenvalue weighted by Crippen LogP contribution is -2.55. The molecule has 8 nitrogen and oxygen atoms in total. The summed E-state index contributed by atoms with van der Waals surface area (Å²) in [6.07, 6.45) is -0.0395. The summed E-state index contributed by atoms with van der Waals surface area (Å²) in [7, 11) is -4.12. The Morgan fingerprint density at radius 3 is 2.30 bits per heavy atom. The number of nitrogen functional groups attached to an aromatic ring is 1. The van der Waals surface area contributed by atoms with Gasteiger partial charge in [0.25, 0.3) is 5.91 Å². The molecule has 5 N–H and O–H groups in total. The van der Waals surface area contributed by atoms with Crippen LogP contribution in [0.5, 0.6) is 5.75 Å². The van der Waals surface area contributed by atoms with Gasteiger partial charge in [0.05, 0.1) is 4.90 Å². The molecule has 0 radical (unpaired) electrons. The first kappa shape index (κ1) is 28.2. The standard InChI is InChI=1S/C28H35N3O5S/c1-20(2)19-31(37(35,36)24-14-12-23(29)13-15-24)28(34,18-22-8-5-4-6-9-22)16-17-30-27(33)25-10-7-11-26(32)21(25)3/h4-15,20,32,34H,16-19,29H2,1-3H3,(H,30,33). The smallest absolute Gasteiger partial charge is 0.251 e. The van der Waals surface area contributed by atoms with E-state index in [2.05, 4.69) is 5.32 Å². The highest BCUT2D eigenvalue weighted by atomic mass is 32.2. The molecule has 0 bridgehead atoms. The predicted octanol–water partition coefficient (Wildman–Crippen LogP) is 3.68. The second-order valence-corrected chi connectivity index (χ2v) is 11.5. The molecule has 1 amide bonds. The maximum Gasteiger partial charge on any atom is 0.251 e. The molecule has 0 saturated heterocycles. The average molecular weight is 526 g/mol. The van der Waals surface area contributed by atoms with Crippen molar-refractivity contribution in [3.8, 4) is 5.75 Å². The van der Waals surface area contributed by atoms with Crippen molar-refractivity contribution in [2.24, 2.45) is 5.92 Å². The Labute approximate surface area is 218 Å². The molecule has 0 aromatic heterocycles. The fraction of sp³-hybridized carbons (Fsp3) is 0.321. The molecule has 9 heteroatoms. The van der Waals surface area contributed by atoms with Gasteiger partial charge in [0.1, 0.15) is 11.5 Å². The van der Waals surface area contributed by atoms with Crippen LogP contribution in [0.2, 0.25) is 0 Å². The van der Waals surface area contributed by atoms with Gasteiger partial charge in [-0.15, -0.1) is 0 Å². The van der Waals surface area contributed by atoms with Crippen LogP contribution < -0.4 is 11.1 Å². The van der Waals surface area contributed by atoms with Gasteiger partial charge in [-0.2, -0.15) is 4.31 Å². The minimum atomic E-state index is -4.12. The number of nitrogens with two attached hydrogens (primary N) is 1. The lowest BCUT2D eigenvalue weighted by Gasteiger charge is -2.40. The molecule has 37 heavy (non-hydrogen) atoms. The number of hydrogen-bond donors (Lipinski definition) is 4. The number of phenolic OH excluding ortho intramolecular Hbond substituents is 1. The third-order valence-corrected chi connectivity index (χ3v) is 8.09. The van der Waals surface area contributed by atoms with E-state index in [1.807, 2.05) is 44.2 Å². The van der Waals surface area contributed by atoms with Crippen LogP contribution in [0.3, 0.4) is 0 Å². The Balaban J connectivity index is 1.95. The molecule has 0 aliphatic carbocycles. The number of carbonyl (C=O) groups is 1. The lowest BCUT2D eigenvalue weighted by molar-refractivity contribution is -0.0700. The fourth-order valence-corrected chi connectivity index (χ4v) is 5.99. The zero-order valence-electron chi connectivity index (χ0n) is 21.4. The molecular weight excluding hydrogens is 490 g/mol. The van der Waals surface area contributed by atoms with Crippen molar-refractivity contribution in [2.45, 2.75) is 44.2 Å². The van der Waals surface area contributed by atoms with Crippen LogP contribution in [-0.4, -0.2) is 47.7 Å². The summed E-state index contributed by atoms with van der Waals surface area (Å²) < 4.78 is 28.8. The topological polar surface area (TPSA) is 133 Å². The van der Waals surface area contributed by atoms with Crippen molar-refractivity contribution in [1.29, 1.82) is 0 Å². The number of carbonyl (C=O) groups excluding carboxylic acids is 1. The van der Waals surface area contributed by atoms with Gasteiger partial charge in [-0.3, -0.25) is 4.79 Å². The van der Waals surface area contributed by atoms with E-state index in [-0.39, 0.29) is 42.5 Å². The van der Waals surface area contributed by atoms with Crippen LogP contribution in [-0.2, 0) is 16.4 Å². The first-order valence-electron chi connectivity index (χ1n) is 12.2. The highest BCUT2D eigenvalue weighted by Crippen LogP contribution is 2.31. The van der Waals surface area contributed by atoms with Gasteiger partial charge in [-0.25, -0.2) is 8.42 Å². The van der Waals surface area contributed by atoms with Crippen molar-refractivity contribution < 1.29 is 23.4 Å². The van der Waals surface area contributed by atoms with E-state index in [9.17, 15) is 23.4 Å². The molecule has 1 atom stereocenters. The van der Waals surface area contributed by atoms with Crippen molar-refractivity contribution in [1.82, 2.24) is 9.62 Å². The molecule has 0 heterocycles. The third-order valence-electron chi connectivity index (χ3n) is 6.15.